The number of esters is 1. The molecule has 9 heteroatoms. The lowest BCUT2D eigenvalue weighted by atomic mass is 10.1. The predicted molar refractivity (Wildman–Crippen MR) is 90.3 cm³/mol. The van der Waals surface area contributed by atoms with Gasteiger partial charge >= 0.3 is 5.97 Å². The maximum absolute atomic E-state index is 12.4. The van der Waals surface area contributed by atoms with Crippen LogP contribution in [0, 0.1) is 17.0 Å². The third kappa shape index (κ3) is 3.02. The molecule has 2 amide bonds. The van der Waals surface area contributed by atoms with Crippen LogP contribution in [0.1, 0.15) is 26.3 Å². The second-order valence-electron chi connectivity index (χ2n) is 5.54. The van der Waals surface area contributed by atoms with E-state index in [1.165, 1.54) is 24.3 Å². The minimum absolute atomic E-state index is 0.111. The van der Waals surface area contributed by atoms with E-state index in [9.17, 15) is 24.5 Å². The summed E-state index contributed by atoms with van der Waals surface area (Å²) in [7, 11) is 0. The molecule has 0 spiro atoms. The van der Waals surface area contributed by atoms with E-state index < -0.39 is 34.9 Å². The van der Waals surface area contributed by atoms with Crippen LogP contribution in [0.4, 0.5) is 5.69 Å². The number of rotatable bonds is 4. The molecule has 0 atom stereocenters. The molecule has 0 bridgehead atoms. The van der Waals surface area contributed by atoms with Gasteiger partial charge in [-0.05, 0) is 36.8 Å². The average Bonchev–Trinajstić information content (AvgIpc) is 2.82. The summed E-state index contributed by atoms with van der Waals surface area (Å²) >= 11 is 5.83. The number of fused-ring (bicyclic) bond motifs is 1. The van der Waals surface area contributed by atoms with Gasteiger partial charge in [0.1, 0.15) is 17.9 Å². The molecular weight excluding hydrogens is 364 g/mol. The number of amides is 2. The summed E-state index contributed by atoms with van der Waals surface area (Å²) in [5, 5.41) is 11.5. The Morgan fingerprint density at radius 2 is 1.96 bits per heavy atom. The highest BCUT2D eigenvalue weighted by Crippen LogP contribution is 2.30. The van der Waals surface area contributed by atoms with Crippen LogP contribution in [0.25, 0.3) is 0 Å². The summed E-state index contributed by atoms with van der Waals surface area (Å²) in [6.45, 7) is 1.02. The molecule has 0 fully saturated rings. The summed E-state index contributed by atoms with van der Waals surface area (Å²) in [5.74, 6) is -2.30. The van der Waals surface area contributed by atoms with E-state index in [1.807, 2.05) is 0 Å². The number of benzene rings is 2. The first kappa shape index (κ1) is 17.6. The quantitative estimate of drug-likeness (QED) is 0.268. The van der Waals surface area contributed by atoms with Crippen LogP contribution in [0.3, 0.4) is 0 Å². The number of hydrogen-bond donors (Lipinski definition) is 0. The van der Waals surface area contributed by atoms with Gasteiger partial charge in [0.2, 0.25) is 0 Å². The molecule has 26 heavy (non-hydrogen) atoms. The molecule has 0 saturated carbocycles. The van der Waals surface area contributed by atoms with Gasteiger partial charge in [-0.2, -0.15) is 0 Å². The Labute approximate surface area is 152 Å². The monoisotopic (exact) mass is 374 g/mol. The third-order valence-electron chi connectivity index (χ3n) is 3.82. The molecule has 0 aromatic heterocycles. The van der Waals surface area contributed by atoms with Gasteiger partial charge in [0, 0.05) is 11.1 Å². The van der Waals surface area contributed by atoms with Crippen molar-refractivity contribution in [3.63, 3.8) is 0 Å². The molecule has 0 saturated heterocycles. The average molecular weight is 375 g/mol. The van der Waals surface area contributed by atoms with E-state index in [4.69, 9.17) is 16.3 Å². The normalized spacial score (nSPS) is 12.9. The second-order valence-corrected chi connectivity index (χ2v) is 5.97. The highest BCUT2D eigenvalue weighted by Gasteiger charge is 2.42. The first-order valence-electron chi connectivity index (χ1n) is 7.40. The molecule has 0 aliphatic carbocycles. The van der Waals surface area contributed by atoms with Gasteiger partial charge < -0.3 is 4.74 Å². The van der Waals surface area contributed by atoms with Crippen molar-refractivity contribution in [2.24, 2.45) is 0 Å². The fourth-order valence-electron chi connectivity index (χ4n) is 2.62. The van der Waals surface area contributed by atoms with Crippen molar-refractivity contribution < 1.29 is 24.0 Å². The number of hydrogen-bond acceptors (Lipinski definition) is 6. The van der Waals surface area contributed by atoms with E-state index in [1.54, 1.807) is 13.0 Å². The molecule has 2 aromatic rings. The van der Waals surface area contributed by atoms with Crippen LogP contribution in [-0.2, 0) is 4.79 Å². The Hall–Kier alpha value is -3.26. The van der Waals surface area contributed by atoms with Gasteiger partial charge in [-0.15, -0.1) is 0 Å². The van der Waals surface area contributed by atoms with Gasteiger partial charge in [0.05, 0.1) is 10.5 Å². The number of ether oxygens (including phenoxy) is 1. The molecule has 132 valence electrons. The molecule has 0 unspecified atom stereocenters. The highest BCUT2D eigenvalue weighted by molar-refractivity contribution is 6.30. The number of nitro benzene ring substituents is 1. The zero-order chi connectivity index (χ0) is 19.0. The van der Waals surface area contributed by atoms with Crippen LogP contribution in [0.15, 0.2) is 36.4 Å². The van der Waals surface area contributed by atoms with Crippen molar-refractivity contribution in [3.8, 4) is 5.75 Å². The van der Waals surface area contributed by atoms with Gasteiger partial charge in [-0.1, -0.05) is 17.7 Å². The van der Waals surface area contributed by atoms with Gasteiger partial charge in [0.15, 0.2) is 0 Å². The van der Waals surface area contributed by atoms with Gasteiger partial charge in [-0.3, -0.25) is 24.6 Å². The van der Waals surface area contributed by atoms with Gasteiger partial charge in [-0.25, -0.2) is 4.79 Å². The highest BCUT2D eigenvalue weighted by atomic mass is 35.5. The zero-order valence-electron chi connectivity index (χ0n) is 13.4. The van der Waals surface area contributed by atoms with Crippen LogP contribution in [0.5, 0.6) is 5.75 Å². The Balaban J connectivity index is 1.82. The Bertz CT molecular complexity index is 972. The lowest BCUT2D eigenvalue weighted by Gasteiger charge is -2.13. The Morgan fingerprint density at radius 1 is 1.23 bits per heavy atom. The van der Waals surface area contributed by atoms with Crippen molar-refractivity contribution in [1.29, 1.82) is 0 Å². The first-order chi connectivity index (χ1) is 12.3. The Morgan fingerprint density at radius 3 is 2.62 bits per heavy atom. The van der Waals surface area contributed by atoms with Crippen LogP contribution < -0.4 is 4.74 Å². The molecule has 1 heterocycles. The number of aryl methyl sites for hydroxylation is 1. The largest absolute Gasteiger partial charge is 0.425 e. The maximum atomic E-state index is 12.4. The number of halogens is 1. The molecule has 0 radical (unpaired) electrons. The van der Waals surface area contributed by atoms with Crippen molar-refractivity contribution in [1.82, 2.24) is 4.90 Å². The fourth-order valence-corrected chi connectivity index (χ4v) is 2.85. The molecule has 3 rings (SSSR count). The Kier molecular flexibility index (Phi) is 4.43. The SMILES string of the molecule is Cc1cc(Cl)ccc1OC(=O)CN1C(=O)c2cccc([N+](=O)[O-])c2C1=O. The minimum Gasteiger partial charge on any atom is -0.425 e. The fraction of sp³-hybridized carbons (Fsp3) is 0.118. The molecular formula is C17H11ClN2O6. The lowest BCUT2D eigenvalue weighted by molar-refractivity contribution is -0.385. The number of nitro groups is 1. The zero-order valence-corrected chi connectivity index (χ0v) is 14.1. The summed E-state index contributed by atoms with van der Waals surface area (Å²) in [6, 6.07) is 8.35. The molecule has 2 aromatic carbocycles. The van der Waals surface area contributed by atoms with E-state index in [0.29, 0.717) is 15.5 Å². The van der Waals surface area contributed by atoms with Gasteiger partial charge in [0.25, 0.3) is 17.5 Å². The predicted octanol–water partition coefficient (Wildman–Crippen LogP) is 2.76. The van der Waals surface area contributed by atoms with Crippen molar-refractivity contribution in [2.75, 3.05) is 6.54 Å². The van der Waals surface area contributed by atoms with E-state index in [0.717, 1.165) is 6.07 Å². The topological polar surface area (TPSA) is 107 Å². The van der Waals surface area contributed by atoms with Crippen molar-refractivity contribution >= 4 is 35.1 Å². The lowest BCUT2D eigenvalue weighted by Crippen LogP contribution is -2.36. The summed E-state index contributed by atoms with van der Waals surface area (Å²) < 4.78 is 5.16. The smallest absolute Gasteiger partial charge is 0.331 e. The molecule has 1 aliphatic rings. The third-order valence-corrected chi connectivity index (χ3v) is 4.06. The number of carbonyl (C=O) groups is 3. The van der Waals surface area contributed by atoms with Crippen LogP contribution in [0.2, 0.25) is 5.02 Å². The minimum atomic E-state index is -0.901. The second kappa shape index (κ2) is 6.57. The molecule has 0 N–H and O–H groups in total. The number of carbonyl (C=O) groups excluding carboxylic acids is 3. The van der Waals surface area contributed by atoms with E-state index in [2.05, 4.69) is 0 Å². The van der Waals surface area contributed by atoms with E-state index in [-0.39, 0.29) is 16.9 Å². The van der Waals surface area contributed by atoms with Crippen molar-refractivity contribution in [3.05, 3.63) is 68.2 Å². The maximum Gasteiger partial charge on any atom is 0.331 e. The summed E-state index contributed by atoms with van der Waals surface area (Å²) in [6.07, 6.45) is 0. The standard InChI is InChI=1S/C17H11ClN2O6/c1-9-7-10(18)5-6-13(9)26-14(21)8-19-16(22)11-3-2-4-12(20(24)25)15(11)17(19)23/h2-7H,8H2,1H3. The van der Waals surface area contributed by atoms with Crippen molar-refractivity contribution in [2.45, 2.75) is 6.92 Å². The summed E-state index contributed by atoms with van der Waals surface area (Å²) in [5.41, 5.74) is -0.313. The molecule has 1 aliphatic heterocycles. The number of nitrogens with zero attached hydrogens (tertiary/aromatic N) is 2. The number of imide groups is 1. The van der Waals surface area contributed by atoms with Crippen LogP contribution in [-0.4, -0.2) is 34.2 Å². The van der Waals surface area contributed by atoms with Crippen LogP contribution >= 0.6 is 11.6 Å². The summed E-state index contributed by atoms with van der Waals surface area (Å²) in [4.78, 5) is 47.8. The first-order valence-corrected chi connectivity index (χ1v) is 7.78. The van der Waals surface area contributed by atoms with E-state index >= 15 is 0 Å². The molecule has 8 nitrogen and oxygen atoms in total.